The van der Waals surface area contributed by atoms with Gasteiger partial charge in [0, 0.05) is 24.4 Å². The van der Waals surface area contributed by atoms with E-state index in [2.05, 4.69) is 4.90 Å². The molecule has 1 saturated heterocycles. The second-order valence-corrected chi connectivity index (χ2v) is 4.41. The first-order valence-corrected chi connectivity index (χ1v) is 6.05. The predicted octanol–water partition coefficient (Wildman–Crippen LogP) is 1.65. The first kappa shape index (κ1) is 12.6. The highest BCUT2D eigenvalue weighted by atomic mass is 16.6. The number of benzene rings is 1. The lowest BCUT2D eigenvalue weighted by Crippen LogP contribution is -2.25. The van der Waals surface area contributed by atoms with E-state index in [1.807, 2.05) is 0 Å². The molecule has 0 unspecified atom stereocenters. The zero-order valence-corrected chi connectivity index (χ0v) is 10.2. The van der Waals surface area contributed by atoms with Crippen LogP contribution in [0.2, 0.25) is 0 Å². The normalized spacial score (nSPS) is 15.8. The molecule has 1 fully saturated rings. The number of hydrogen-bond acceptors (Lipinski definition) is 5. The Morgan fingerprint density at radius 2 is 2.06 bits per heavy atom. The standard InChI is InChI=1S/C12H17N3O3/c13-10-7-11(15(16)17)9-12(8-10)18-6-5-14-3-1-2-4-14/h7-9H,1-6,13H2. The third kappa shape index (κ3) is 3.33. The minimum atomic E-state index is -0.469. The number of ether oxygens (including phenoxy) is 1. The molecular weight excluding hydrogens is 234 g/mol. The van der Waals surface area contributed by atoms with Crippen LogP contribution in [0.4, 0.5) is 11.4 Å². The van der Waals surface area contributed by atoms with Crippen LogP contribution >= 0.6 is 0 Å². The van der Waals surface area contributed by atoms with Gasteiger partial charge in [-0.1, -0.05) is 0 Å². The van der Waals surface area contributed by atoms with E-state index < -0.39 is 4.92 Å². The van der Waals surface area contributed by atoms with Gasteiger partial charge in [-0.3, -0.25) is 15.0 Å². The Labute approximate surface area is 105 Å². The lowest BCUT2D eigenvalue weighted by Gasteiger charge is -2.14. The van der Waals surface area contributed by atoms with E-state index in [-0.39, 0.29) is 5.69 Å². The van der Waals surface area contributed by atoms with Gasteiger partial charge in [0.25, 0.3) is 5.69 Å². The number of nitro groups is 1. The summed E-state index contributed by atoms with van der Waals surface area (Å²) in [4.78, 5) is 12.5. The summed E-state index contributed by atoms with van der Waals surface area (Å²) >= 11 is 0. The van der Waals surface area contributed by atoms with Gasteiger partial charge < -0.3 is 10.5 Å². The van der Waals surface area contributed by atoms with Gasteiger partial charge in [0.05, 0.1) is 11.0 Å². The van der Waals surface area contributed by atoms with Crippen LogP contribution in [0.25, 0.3) is 0 Å². The summed E-state index contributed by atoms with van der Waals surface area (Å²) in [5.74, 6) is 0.459. The van der Waals surface area contributed by atoms with Crippen molar-refractivity contribution in [3.63, 3.8) is 0 Å². The molecule has 6 heteroatoms. The third-order valence-corrected chi connectivity index (χ3v) is 3.00. The fraction of sp³-hybridized carbons (Fsp3) is 0.500. The Balaban J connectivity index is 1.89. The van der Waals surface area contributed by atoms with Crippen molar-refractivity contribution < 1.29 is 9.66 Å². The molecule has 0 bridgehead atoms. The number of rotatable bonds is 5. The molecule has 2 rings (SSSR count). The number of hydrogen-bond donors (Lipinski definition) is 1. The van der Waals surface area contributed by atoms with Crippen LogP contribution in [0, 0.1) is 10.1 Å². The largest absolute Gasteiger partial charge is 0.492 e. The monoisotopic (exact) mass is 251 g/mol. The molecule has 0 radical (unpaired) electrons. The minimum absolute atomic E-state index is 0.0360. The third-order valence-electron chi connectivity index (χ3n) is 3.00. The smallest absolute Gasteiger partial charge is 0.275 e. The topological polar surface area (TPSA) is 81.6 Å². The fourth-order valence-electron chi connectivity index (χ4n) is 2.09. The Morgan fingerprint density at radius 1 is 1.33 bits per heavy atom. The van der Waals surface area contributed by atoms with Gasteiger partial charge in [0.1, 0.15) is 12.4 Å². The zero-order chi connectivity index (χ0) is 13.0. The molecule has 18 heavy (non-hydrogen) atoms. The quantitative estimate of drug-likeness (QED) is 0.489. The van der Waals surface area contributed by atoms with Crippen molar-refractivity contribution >= 4 is 11.4 Å². The summed E-state index contributed by atoms with van der Waals surface area (Å²) < 4.78 is 5.51. The van der Waals surface area contributed by atoms with Gasteiger partial charge in [0.2, 0.25) is 0 Å². The molecule has 98 valence electrons. The number of nitro benzene ring substituents is 1. The van der Waals surface area contributed by atoms with Crippen molar-refractivity contribution in [1.29, 1.82) is 0 Å². The van der Waals surface area contributed by atoms with Crippen LogP contribution in [0.3, 0.4) is 0 Å². The van der Waals surface area contributed by atoms with Crippen molar-refractivity contribution in [3.8, 4) is 5.75 Å². The molecule has 0 amide bonds. The summed E-state index contributed by atoms with van der Waals surface area (Å²) in [6, 6.07) is 4.34. The Morgan fingerprint density at radius 3 is 2.72 bits per heavy atom. The number of nitrogen functional groups attached to an aromatic ring is 1. The van der Waals surface area contributed by atoms with Crippen molar-refractivity contribution in [2.45, 2.75) is 12.8 Å². The van der Waals surface area contributed by atoms with Crippen LogP contribution in [0.15, 0.2) is 18.2 Å². The van der Waals surface area contributed by atoms with Crippen LogP contribution in [0.5, 0.6) is 5.75 Å². The van der Waals surface area contributed by atoms with Gasteiger partial charge in [-0.2, -0.15) is 0 Å². The number of likely N-dealkylation sites (tertiary alicyclic amines) is 1. The van der Waals surface area contributed by atoms with Crippen molar-refractivity contribution in [3.05, 3.63) is 28.3 Å². The van der Waals surface area contributed by atoms with Crippen LogP contribution in [-0.4, -0.2) is 36.1 Å². The molecular formula is C12H17N3O3. The van der Waals surface area contributed by atoms with E-state index in [1.165, 1.54) is 25.0 Å². The highest BCUT2D eigenvalue weighted by Gasteiger charge is 2.12. The molecule has 0 aliphatic carbocycles. The Hall–Kier alpha value is -1.82. The van der Waals surface area contributed by atoms with E-state index in [0.29, 0.717) is 18.0 Å². The molecule has 1 aliphatic heterocycles. The van der Waals surface area contributed by atoms with E-state index >= 15 is 0 Å². The second kappa shape index (κ2) is 5.68. The molecule has 0 spiro atoms. The van der Waals surface area contributed by atoms with Gasteiger partial charge in [-0.15, -0.1) is 0 Å². The van der Waals surface area contributed by atoms with Crippen molar-refractivity contribution in [2.24, 2.45) is 0 Å². The zero-order valence-electron chi connectivity index (χ0n) is 10.2. The SMILES string of the molecule is Nc1cc(OCCN2CCCC2)cc([N+](=O)[O-])c1. The van der Waals surface area contributed by atoms with Gasteiger partial charge in [-0.05, 0) is 25.9 Å². The molecule has 1 aromatic rings. The number of nitrogens with zero attached hydrogens (tertiary/aromatic N) is 2. The molecule has 1 aliphatic rings. The van der Waals surface area contributed by atoms with Crippen molar-refractivity contribution in [1.82, 2.24) is 4.90 Å². The molecule has 0 aromatic heterocycles. The van der Waals surface area contributed by atoms with Gasteiger partial charge in [-0.25, -0.2) is 0 Å². The van der Waals surface area contributed by atoms with E-state index in [4.69, 9.17) is 10.5 Å². The lowest BCUT2D eigenvalue weighted by molar-refractivity contribution is -0.384. The number of anilines is 1. The van der Waals surface area contributed by atoms with E-state index in [1.54, 1.807) is 6.07 Å². The Kier molecular flexibility index (Phi) is 3.99. The summed E-state index contributed by atoms with van der Waals surface area (Å²) in [6.45, 7) is 3.60. The second-order valence-electron chi connectivity index (χ2n) is 4.41. The average Bonchev–Trinajstić information content (AvgIpc) is 2.81. The molecule has 0 atom stereocenters. The molecule has 6 nitrogen and oxygen atoms in total. The first-order chi connectivity index (χ1) is 8.65. The predicted molar refractivity (Wildman–Crippen MR) is 68.7 cm³/mol. The van der Waals surface area contributed by atoms with E-state index in [0.717, 1.165) is 19.6 Å². The highest BCUT2D eigenvalue weighted by molar-refractivity contribution is 5.53. The number of nitrogens with two attached hydrogens (primary N) is 1. The summed E-state index contributed by atoms with van der Waals surface area (Å²) in [7, 11) is 0. The fourth-order valence-corrected chi connectivity index (χ4v) is 2.09. The molecule has 0 saturated carbocycles. The first-order valence-electron chi connectivity index (χ1n) is 6.05. The van der Waals surface area contributed by atoms with Crippen LogP contribution < -0.4 is 10.5 Å². The maximum atomic E-state index is 10.7. The molecule has 1 heterocycles. The maximum absolute atomic E-state index is 10.7. The summed E-state index contributed by atoms with van der Waals surface area (Å²) in [6.07, 6.45) is 2.48. The van der Waals surface area contributed by atoms with E-state index in [9.17, 15) is 10.1 Å². The van der Waals surface area contributed by atoms with Gasteiger partial charge in [0.15, 0.2) is 0 Å². The summed E-state index contributed by atoms with van der Waals surface area (Å²) in [5.41, 5.74) is 5.91. The molecule has 1 aromatic carbocycles. The highest BCUT2D eigenvalue weighted by Crippen LogP contribution is 2.24. The molecule has 2 N–H and O–H groups in total. The lowest BCUT2D eigenvalue weighted by atomic mass is 10.2. The van der Waals surface area contributed by atoms with Crippen LogP contribution in [0.1, 0.15) is 12.8 Å². The number of non-ortho nitro benzene ring substituents is 1. The van der Waals surface area contributed by atoms with Gasteiger partial charge >= 0.3 is 0 Å². The van der Waals surface area contributed by atoms with Crippen molar-refractivity contribution in [2.75, 3.05) is 32.0 Å². The van der Waals surface area contributed by atoms with Crippen LogP contribution in [-0.2, 0) is 0 Å². The minimum Gasteiger partial charge on any atom is -0.492 e. The summed E-state index contributed by atoms with van der Waals surface area (Å²) in [5, 5.41) is 10.7. The maximum Gasteiger partial charge on any atom is 0.275 e. The Bertz CT molecular complexity index is 431. The average molecular weight is 251 g/mol.